The number of halogens is 1. The van der Waals surface area contributed by atoms with Gasteiger partial charge in [0.25, 0.3) is 0 Å². The molecule has 0 bridgehead atoms. The first kappa shape index (κ1) is 22.7. The molecule has 0 saturated carbocycles. The quantitative estimate of drug-likeness (QED) is 0.523. The fraction of sp³-hybridized carbons (Fsp3) is 0.364. The van der Waals surface area contributed by atoms with Crippen LogP contribution in [0.5, 0.6) is 0 Å². The van der Waals surface area contributed by atoms with Crippen LogP contribution in [0, 0.1) is 0 Å². The van der Waals surface area contributed by atoms with Crippen molar-refractivity contribution in [3.8, 4) is 0 Å². The van der Waals surface area contributed by atoms with Crippen LogP contribution in [0.2, 0.25) is 5.02 Å². The van der Waals surface area contributed by atoms with E-state index in [-0.39, 0.29) is 42.4 Å². The SMILES string of the molecule is C[C@@H]1CN(S(=O)(=O)c2cccc(C(=O)OCc3nc4cc(Cl)ccc4n3C)c2)C[C@@H](C)O1. The number of nitrogens with zero attached hydrogens (tertiary/aromatic N) is 3. The van der Waals surface area contributed by atoms with Gasteiger partial charge in [-0.1, -0.05) is 17.7 Å². The Morgan fingerprint density at radius 1 is 1.19 bits per heavy atom. The van der Waals surface area contributed by atoms with Gasteiger partial charge in [0.1, 0.15) is 12.4 Å². The lowest BCUT2D eigenvalue weighted by Gasteiger charge is -2.34. The lowest BCUT2D eigenvalue weighted by atomic mass is 10.2. The van der Waals surface area contributed by atoms with Crippen molar-refractivity contribution >= 4 is 38.6 Å². The maximum Gasteiger partial charge on any atom is 0.338 e. The number of imidazole rings is 1. The van der Waals surface area contributed by atoms with Gasteiger partial charge in [0.05, 0.1) is 33.7 Å². The molecule has 3 aromatic rings. The number of aryl methyl sites for hydroxylation is 1. The smallest absolute Gasteiger partial charge is 0.338 e. The number of hydrogen-bond acceptors (Lipinski definition) is 6. The molecular weight excluding hydrogens is 454 g/mol. The van der Waals surface area contributed by atoms with Crippen molar-refractivity contribution in [3.05, 3.63) is 58.9 Å². The molecule has 0 amide bonds. The number of sulfonamides is 1. The van der Waals surface area contributed by atoms with Gasteiger partial charge >= 0.3 is 5.97 Å². The molecular formula is C22H24ClN3O5S. The molecule has 0 N–H and O–H groups in total. The highest BCUT2D eigenvalue weighted by Crippen LogP contribution is 2.23. The van der Waals surface area contributed by atoms with Gasteiger partial charge in [0.2, 0.25) is 10.0 Å². The number of ether oxygens (including phenoxy) is 2. The van der Waals surface area contributed by atoms with Gasteiger partial charge in [0.15, 0.2) is 0 Å². The number of carbonyl (C=O) groups is 1. The van der Waals surface area contributed by atoms with E-state index in [1.807, 2.05) is 31.5 Å². The van der Waals surface area contributed by atoms with E-state index < -0.39 is 16.0 Å². The molecule has 1 aliphatic heterocycles. The molecule has 1 fully saturated rings. The Morgan fingerprint density at radius 2 is 1.91 bits per heavy atom. The third-order valence-electron chi connectivity index (χ3n) is 5.36. The fourth-order valence-corrected chi connectivity index (χ4v) is 5.63. The van der Waals surface area contributed by atoms with E-state index in [1.165, 1.54) is 28.6 Å². The van der Waals surface area contributed by atoms with Crippen molar-refractivity contribution in [2.45, 2.75) is 37.6 Å². The second kappa shape index (κ2) is 8.82. The van der Waals surface area contributed by atoms with Crippen molar-refractivity contribution in [3.63, 3.8) is 0 Å². The molecule has 0 unspecified atom stereocenters. The minimum atomic E-state index is -3.76. The molecule has 8 nitrogen and oxygen atoms in total. The summed E-state index contributed by atoms with van der Waals surface area (Å²) in [5.74, 6) is -0.0773. The van der Waals surface area contributed by atoms with Gasteiger partial charge in [-0.05, 0) is 50.2 Å². The molecule has 2 aromatic carbocycles. The van der Waals surface area contributed by atoms with Gasteiger partial charge in [-0.15, -0.1) is 0 Å². The van der Waals surface area contributed by atoms with Gasteiger partial charge < -0.3 is 14.0 Å². The molecule has 4 rings (SSSR count). The largest absolute Gasteiger partial charge is 0.454 e. The molecule has 2 atom stereocenters. The van der Waals surface area contributed by atoms with Crippen LogP contribution >= 0.6 is 11.6 Å². The lowest BCUT2D eigenvalue weighted by Crippen LogP contribution is -2.48. The van der Waals surface area contributed by atoms with E-state index in [9.17, 15) is 13.2 Å². The second-order valence-electron chi connectivity index (χ2n) is 7.90. The molecule has 0 spiro atoms. The Hall–Kier alpha value is -2.46. The summed E-state index contributed by atoms with van der Waals surface area (Å²) < 4.78 is 40.5. The Morgan fingerprint density at radius 3 is 2.62 bits per heavy atom. The Labute approximate surface area is 191 Å². The number of aromatic nitrogens is 2. The zero-order valence-electron chi connectivity index (χ0n) is 18.0. The average molecular weight is 478 g/mol. The van der Waals surface area contributed by atoms with E-state index in [0.717, 1.165) is 5.52 Å². The zero-order chi connectivity index (χ0) is 23.0. The predicted octanol–water partition coefficient (Wildman–Crippen LogP) is 3.38. The number of benzene rings is 2. The van der Waals surface area contributed by atoms with Gasteiger partial charge in [-0.3, -0.25) is 0 Å². The first-order chi connectivity index (χ1) is 15.1. The number of rotatable bonds is 5. The predicted molar refractivity (Wildman–Crippen MR) is 120 cm³/mol. The summed E-state index contributed by atoms with van der Waals surface area (Å²) in [6, 6.07) is 11.2. The number of esters is 1. The van der Waals surface area contributed by atoms with E-state index in [0.29, 0.717) is 16.4 Å². The molecule has 32 heavy (non-hydrogen) atoms. The summed E-state index contributed by atoms with van der Waals surface area (Å²) in [6.45, 7) is 4.13. The molecule has 170 valence electrons. The van der Waals surface area contributed by atoms with Crippen LogP contribution in [0.1, 0.15) is 30.0 Å². The first-order valence-electron chi connectivity index (χ1n) is 10.2. The summed E-state index contributed by atoms with van der Waals surface area (Å²) in [5, 5.41) is 0.571. The number of carbonyl (C=O) groups excluding carboxylic acids is 1. The highest BCUT2D eigenvalue weighted by Gasteiger charge is 2.32. The maximum atomic E-state index is 13.1. The van der Waals surface area contributed by atoms with Gasteiger partial charge in [-0.25, -0.2) is 18.2 Å². The molecule has 0 aliphatic carbocycles. The summed E-state index contributed by atoms with van der Waals surface area (Å²) in [5.41, 5.74) is 1.72. The third-order valence-corrected chi connectivity index (χ3v) is 7.42. The van der Waals surface area contributed by atoms with Crippen molar-refractivity contribution in [2.24, 2.45) is 7.05 Å². The Balaban J connectivity index is 1.51. The lowest BCUT2D eigenvalue weighted by molar-refractivity contribution is -0.0440. The van der Waals surface area contributed by atoms with Crippen LogP contribution in [0.15, 0.2) is 47.4 Å². The molecule has 10 heteroatoms. The number of fused-ring (bicyclic) bond motifs is 1. The monoisotopic (exact) mass is 477 g/mol. The Kier molecular flexibility index (Phi) is 6.26. The highest BCUT2D eigenvalue weighted by atomic mass is 35.5. The summed E-state index contributed by atoms with van der Waals surface area (Å²) in [4.78, 5) is 17.2. The van der Waals surface area contributed by atoms with Crippen LogP contribution in [0.3, 0.4) is 0 Å². The Bertz CT molecular complexity index is 1260. The summed E-state index contributed by atoms with van der Waals surface area (Å²) in [6.07, 6.45) is -0.408. The van der Waals surface area contributed by atoms with E-state index >= 15 is 0 Å². The topological polar surface area (TPSA) is 90.7 Å². The van der Waals surface area contributed by atoms with Gasteiger partial charge in [0, 0.05) is 25.2 Å². The number of hydrogen-bond donors (Lipinski definition) is 0. The first-order valence-corrected chi connectivity index (χ1v) is 12.0. The van der Waals surface area contributed by atoms with Crippen LogP contribution in [0.25, 0.3) is 11.0 Å². The third kappa shape index (κ3) is 4.52. The van der Waals surface area contributed by atoms with Crippen LogP contribution in [-0.2, 0) is 33.2 Å². The van der Waals surface area contributed by atoms with Crippen molar-refractivity contribution in [1.29, 1.82) is 0 Å². The van der Waals surface area contributed by atoms with E-state index in [4.69, 9.17) is 21.1 Å². The highest BCUT2D eigenvalue weighted by molar-refractivity contribution is 7.89. The summed E-state index contributed by atoms with van der Waals surface area (Å²) in [7, 11) is -1.94. The van der Waals surface area contributed by atoms with Crippen LogP contribution in [-0.4, -0.2) is 53.5 Å². The van der Waals surface area contributed by atoms with Crippen LogP contribution < -0.4 is 0 Å². The van der Waals surface area contributed by atoms with Crippen molar-refractivity contribution < 1.29 is 22.7 Å². The molecule has 1 aromatic heterocycles. The minimum absolute atomic E-state index is 0.0469. The average Bonchev–Trinajstić information content (AvgIpc) is 3.06. The molecule has 2 heterocycles. The van der Waals surface area contributed by atoms with Crippen LogP contribution in [0.4, 0.5) is 0 Å². The van der Waals surface area contributed by atoms with E-state index in [1.54, 1.807) is 12.1 Å². The van der Waals surface area contributed by atoms with Crippen molar-refractivity contribution in [2.75, 3.05) is 13.1 Å². The zero-order valence-corrected chi connectivity index (χ0v) is 19.6. The molecule has 1 aliphatic rings. The van der Waals surface area contributed by atoms with E-state index in [2.05, 4.69) is 4.98 Å². The number of morpholine rings is 1. The summed E-state index contributed by atoms with van der Waals surface area (Å²) >= 11 is 6.02. The maximum absolute atomic E-state index is 13.1. The van der Waals surface area contributed by atoms with Crippen molar-refractivity contribution in [1.82, 2.24) is 13.9 Å². The molecule has 1 saturated heterocycles. The second-order valence-corrected chi connectivity index (χ2v) is 10.3. The normalized spacial score (nSPS) is 19.9. The standard InChI is InChI=1S/C22H24ClN3O5S/c1-14-11-26(12-15(2)31-14)32(28,29)18-6-4-5-16(9-18)22(27)30-13-21-24-19-10-17(23)7-8-20(19)25(21)3/h4-10,14-15H,11-13H2,1-3H3/t14-,15-/m1/s1. The minimum Gasteiger partial charge on any atom is -0.454 e. The fourth-order valence-electron chi connectivity index (χ4n) is 3.82. The van der Waals surface area contributed by atoms with Gasteiger partial charge in [-0.2, -0.15) is 4.31 Å². The molecule has 0 radical (unpaired) electrons.